The first-order valence-corrected chi connectivity index (χ1v) is 10.3. The van der Waals surface area contributed by atoms with Gasteiger partial charge in [-0.1, -0.05) is 19.3 Å². The number of benzene rings is 1. The van der Waals surface area contributed by atoms with Crippen LogP contribution in [0, 0.1) is 5.82 Å². The monoisotopic (exact) mass is 390 g/mol. The number of halogens is 1. The predicted octanol–water partition coefficient (Wildman–Crippen LogP) is 3.73. The van der Waals surface area contributed by atoms with Gasteiger partial charge in [0.1, 0.15) is 5.82 Å². The van der Waals surface area contributed by atoms with Crippen LogP contribution in [0.4, 0.5) is 20.6 Å². The highest BCUT2D eigenvalue weighted by Gasteiger charge is 2.23. The molecule has 7 heteroatoms. The van der Waals surface area contributed by atoms with Crippen molar-refractivity contribution in [3.05, 3.63) is 24.0 Å². The Morgan fingerprint density at radius 2 is 2.04 bits per heavy atom. The molecule has 1 aliphatic carbocycles. The van der Waals surface area contributed by atoms with Crippen molar-refractivity contribution in [3.63, 3.8) is 0 Å². The van der Waals surface area contributed by atoms with Gasteiger partial charge in [0.2, 0.25) is 5.91 Å². The lowest BCUT2D eigenvalue weighted by Crippen LogP contribution is -2.44. The summed E-state index contributed by atoms with van der Waals surface area (Å²) in [4.78, 5) is 27.7. The molecule has 2 aliphatic rings. The van der Waals surface area contributed by atoms with Gasteiger partial charge in [0, 0.05) is 44.3 Å². The second-order valence-electron chi connectivity index (χ2n) is 8.01. The summed E-state index contributed by atoms with van der Waals surface area (Å²) in [7, 11) is 1.94. The average molecular weight is 391 g/mol. The summed E-state index contributed by atoms with van der Waals surface area (Å²) >= 11 is 0. The van der Waals surface area contributed by atoms with E-state index in [-0.39, 0.29) is 17.8 Å². The molecule has 0 spiro atoms. The van der Waals surface area contributed by atoms with Gasteiger partial charge in [0.25, 0.3) is 0 Å². The number of carbonyl (C=O) groups is 2. The summed E-state index contributed by atoms with van der Waals surface area (Å²) in [6, 6.07) is 4.62. The van der Waals surface area contributed by atoms with E-state index in [4.69, 9.17) is 0 Å². The number of hydrogen-bond acceptors (Lipinski definition) is 3. The molecule has 3 amide bonds. The first-order valence-electron chi connectivity index (χ1n) is 10.3. The molecule has 1 aliphatic heterocycles. The molecule has 1 atom stereocenters. The number of anilines is 2. The summed E-state index contributed by atoms with van der Waals surface area (Å²) in [6.45, 7) is 3.09. The fraction of sp³-hybridized carbons (Fsp3) is 0.619. The summed E-state index contributed by atoms with van der Waals surface area (Å²) in [6.07, 6.45) is 7.29. The number of likely N-dealkylation sites (tertiary alicyclic amines) is 1. The molecule has 6 nitrogen and oxygen atoms in total. The van der Waals surface area contributed by atoms with Crippen LogP contribution in [0.15, 0.2) is 18.2 Å². The minimum Gasteiger partial charge on any atom is -0.369 e. The van der Waals surface area contributed by atoms with E-state index in [2.05, 4.69) is 10.6 Å². The van der Waals surface area contributed by atoms with Crippen LogP contribution in [0.3, 0.4) is 0 Å². The van der Waals surface area contributed by atoms with Crippen LogP contribution in [0.5, 0.6) is 0 Å². The normalized spacial score (nSPS) is 18.8. The molecule has 2 fully saturated rings. The standard InChI is InChI=1S/C21H31FN4O2/c1-15(14-26-12-6-9-20(26)27)23-21(28)24-16-10-11-19(18(22)13-16)25(2)17-7-4-3-5-8-17/h10-11,13,15,17H,3-9,12,14H2,1-2H3,(H2,23,24,28)/t15-/m1/s1. The van der Waals surface area contributed by atoms with E-state index in [0.29, 0.717) is 30.4 Å². The van der Waals surface area contributed by atoms with Crippen LogP contribution in [0.25, 0.3) is 0 Å². The van der Waals surface area contributed by atoms with Gasteiger partial charge in [-0.15, -0.1) is 0 Å². The van der Waals surface area contributed by atoms with Gasteiger partial charge in [-0.2, -0.15) is 0 Å². The Balaban J connectivity index is 1.53. The molecule has 1 saturated carbocycles. The van der Waals surface area contributed by atoms with E-state index >= 15 is 0 Å². The number of nitrogens with one attached hydrogen (secondary N) is 2. The molecule has 2 N–H and O–H groups in total. The molecule has 1 aromatic carbocycles. The Morgan fingerprint density at radius 3 is 2.68 bits per heavy atom. The Hall–Kier alpha value is -2.31. The van der Waals surface area contributed by atoms with Gasteiger partial charge < -0.3 is 20.4 Å². The van der Waals surface area contributed by atoms with E-state index in [1.165, 1.54) is 25.3 Å². The quantitative estimate of drug-likeness (QED) is 0.778. The molecule has 0 unspecified atom stereocenters. The van der Waals surface area contributed by atoms with Crippen LogP contribution in [-0.4, -0.2) is 49.1 Å². The van der Waals surface area contributed by atoms with E-state index in [1.54, 1.807) is 17.0 Å². The molecule has 28 heavy (non-hydrogen) atoms. The number of nitrogens with zero attached hydrogens (tertiary/aromatic N) is 2. The van der Waals surface area contributed by atoms with Crippen LogP contribution >= 0.6 is 0 Å². The fourth-order valence-corrected chi connectivity index (χ4v) is 4.20. The van der Waals surface area contributed by atoms with Crippen LogP contribution in [-0.2, 0) is 4.79 Å². The molecule has 1 heterocycles. The van der Waals surface area contributed by atoms with Crippen molar-refractivity contribution in [3.8, 4) is 0 Å². The third-order valence-electron chi connectivity index (χ3n) is 5.75. The lowest BCUT2D eigenvalue weighted by molar-refractivity contribution is -0.127. The summed E-state index contributed by atoms with van der Waals surface area (Å²) in [5, 5.41) is 5.49. The van der Waals surface area contributed by atoms with E-state index < -0.39 is 6.03 Å². The third-order valence-corrected chi connectivity index (χ3v) is 5.75. The second-order valence-corrected chi connectivity index (χ2v) is 8.01. The predicted molar refractivity (Wildman–Crippen MR) is 109 cm³/mol. The summed E-state index contributed by atoms with van der Waals surface area (Å²) in [5.74, 6) is -0.199. The first kappa shape index (κ1) is 20.4. The minimum atomic E-state index is -0.396. The fourth-order valence-electron chi connectivity index (χ4n) is 4.20. The number of carbonyl (C=O) groups excluding carboxylic acids is 2. The number of amides is 3. The third kappa shape index (κ3) is 5.14. The van der Waals surface area contributed by atoms with Gasteiger partial charge in [-0.3, -0.25) is 4.79 Å². The van der Waals surface area contributed by atoms with Crippen LogP contribution < -0.4 is 15.5 Å². The average Bonchev–Trinajstić information content (AvgIpc) is 3.06. The Kier molecular flexibility index (Phi) is 6.75. The van der Waals surface area contributed by atoms with Gasteiger partial charge in [0.15, 0.2) is 0 Å². The smallest absolute Gasteiger partial charge is 0.319 e. The maximum absolute atomic E-state index is 14.6. The van der Waals surface area contributed by atoms with Gasteiger partial charge in [-0.05, 0) is 44.4 Å². The SMILES string of the molecule is C[C@H](CN1CCCC1=O)NC(=O)Nc1ccc(N(C)C2CCCCC2)c(F)c1. The van der Waals surface area contributed by atoms with Crippen molar-refractivity contribution in [1.29, 1.82) is 0 Å². The Morgan fingerprint density at radius 1 is 1.29 bits per heavy atom. The summed E-state index contributed by atoms with van der Waals surface area (Å²) < 4.78 is 14.6. The van der Waals surface area contributed by atoms with Gasteiger partial charge in [-0.25, -0.2) is 9.18 Å². The zero-order valence-electron chi connectivity index (χ0n) is 16.8. The zero-order chi connectivity index (χ0) is 20.1. The van der Waals surface area contributed by atoms with E-state index in [0.717, 1.165) is 25.8 Å². The highest BCUT2D eigenvalue weighted by Crippen LogP contribution is 2.29. The van der Waals surface area contributed by atoms with Gasteiger partial charge >= 0.3 is 6.03 Å². The van der Waals surface area contributed by atoms with Crippen molar-refractivity contribution in [2.75, 3.05) is 30.4 Å². The van der Waals surface area contributed by atoms with E-state index in [9.17, 15) is 14.0 Å². The number of rotatable bonds is 6. The molecule has 1 saturated heterocycles. The lowest BCUT2D eigenvalue weighted by Gasteiger charge is -2.33. The summed E-state index contributed by atoms with van der Waals surface area (Å²) in [5.41, 5.74) is 0.985. The minimum absolute atomic E-state index is 0.133. The lowest BCUT2D eigenvalue weighted by atomic mass is 9.94. The van der Waals surface area contributed by atoms with Gasteiger partial charge in [0.05, 0.1) is 5.69 Å². The maximum atomic E-state index is 14.6. The van der Waals surface area contributed by atoms with Crippen molar-refractivity contribution < 1.29 is 14.0 Å². The van der Waals surface area contributed by atoms with Crippen LogP contribution in [0.1, 0.15) is 51.9 Å². The zero-order valence-corrected chi connectivity index (χ0v) is 16.8. The van der Waals surface area contributed by atoms with Crippen LogP contribution in [0.2, 0.25) is 0 Å². The highest BCUT2D eigenvalue weighted by molar-refractivity contribution is 5.89. The largest absolute Gasteiger partial charge is 0.369 e. The molecular formula is C21H31FN4O2. The molecular weight excluding hydrogens is 359 g/mol. The molecule has 0 radical (unpaired) electrons. The highest BCUT2D eigenvalue weighted by atomic mass is 19.1. The van der Waals surface area contributed by atoms with Crippen molar-refractivity contribution >= 4 is 23.3 Å². The second kappa shape index (κ2) is 9.26. The van der Waals surface area contributed by atoms with Crippen molar-refractivity contribution in [2.24, 2.45) is 0 Å². The van der Waals surface area contributed by atoms with E-state index in [1.807, 2.05) is 18.9 Å². The first-order chi connectivity index (χ1) is 13.4. The number of urea groups is 1. The molecule has 1 aromatic rings. The van der Waals surface area contributed by atoms with Crippen molar-refractivity contribution in [1.82, 2.24) is 10.2 Å². The Bertz CT molecular complexity index is 706. The molecule has 3 rings (SSSR count). The van der Waals surface area contributed by atoms with Crippen molar-refractivity contribution in [2.45, 2.75) is 64.0 Å². The molecule has 154 valence electrons. The topological polar surface area (TPSA) is 64.7 Å². The maximum Gasteiger partial charge on any atom is 0.319 e. The Labute approximate surface area is 166 Å². The molecule has 0 aromatic heterocycles. The number of hydrogen-bond donors (Lipinski definition) is 2. The molecule has 0 bridgehead atoms.